The molecular formula is C11H19N3OS. The first-order chi connectivity index (χ1) is 7.69. The number of anilines is 1. The molecule has 0 bridgehead atoms. The van der Waals surface area contributed by atoms with E-state index >= 15 is 0 Å². The van der Waals surface area contributed by atoms with Crippen LogP contribution in [-0.4, -0.2) is 22.3 Å². The van der Waals surface area contributed by atoms with Gasteiger partial charge in [0, 0.05) is 5.75 Å². The van der Waals surface area contributed by atoms with E-state index in [1.54, 1.807) is 11.8 Å². The molecule has 0 radical (unpaired) electrons. The van der Waals surface area contributed by atoms with Gasteiger partial charge in [-0.25, -0.2) is 4.98 Å². The zero-order valence-electron chi connectivity index (χ0n) is 10.1. The summed E-state index contributed by atoms with van der Waals surface area (Å²) in [5.74, 6) is 2.17. The summed E-state index contributed by atoms with van der Waals surface area (Å²) in [4.78, 5) is 8.18. The van der Waals surface area contributed by atoms with Crippen LogP contribution in [0.2, 0.25) is 0 Å². The van der Waals surface area contributed by atoms with Gasteiger partial charge in [-0.15, -0.1) is 11.8 Å². The van der Waals surface area contributed by atoms with Crippen LogP contribution >= 0.6 is 11.8 Å². The van der Waals surface area contributed by atoms with E-state index in [1.807, 2.05) is 6.92 Å². The number of ether oxygens (including phenoxy) is 1. The Labute approximate surface area is 101 Å². The highest BCUT2D eigenvalue weighted by atomic mass is 32.2. The molecule has 0 aliphatic rings. The summed E-state index contributed by atoms with van der Waals surface area (Å²) in [6.07, 6.45) is 2.66. The van der Waals surface area contributed by atoms with Crippen LogP contribution in [0.1, 0.15) is 27.2 Å². The molecule has 2 N–H and O–H groups in total. The first kappa shape index (κ1) is 13.1. The van der Waals surface area contributed by atoms with Crippen LogP contribution in [-0.2, 0) is 0 Å². The molecule has 0 fully saturated rings. The second-order valence-electron chi connectivity index (χ2n) is 3.66. The molecule has 4 nitrogen and oxygen atoms in total. The van der Waals surface area contributed by atoms with Gasteiger partial charge in [0.2, 0.25) is 5.88 Å². The largest absolute Gasteiger partial charge is 0.476 e. The number of hydrogen-bond acceptors (Lipinski definition) is 5. The predicted octanol–water partition coefficient (Wildman–Crippen LogP) is 2.60. The predicted molar refractivity (Wildman–Crippen MR) is 67.8 cm³/mol. The van der Waals surface area contributed by atoms with Crippen molar-refractivity contribution in [2.75, 3.05) is 18.1 Å². The van der Waals surface area contributed by atoms with Crippen LogP contribution in [0.4, 0.5) is 5.69 Å². The van der Waals surface area contributed by atoms with Gasteiger partial charge in [-0.05, 0) is 12.8 Å². The first-order valence-electron chi connectivity index (χ1n) is 5.55. The standard InChI is InChI=1S/C11H19N3OS/c1-4-8(3)6-16-11-9(12)10(15-5-2)13-7-14-11/h7-8H,4-6,12H2,1-3H3. The van der Waals surface area contributed by atoms with Gasteiger partial charge in [-0.3, -0.25) is 0 Å². The van der Waals surface area contributed by atoms with Gasteiger partial charge < -0.3 is 10.5 Å². The Morgan fingerprint density at radius 1 is 1.44 bits per heavy atom. The zero-order valence-corrected chi connectivity index (χ0v) is 10.9. The topological polar surface area (TPSA) is 61.0 Å². The normalized spacial score (nSPS) is 12.4. The number of rotatable bonds is 6. The lowest BCUT2D eigenvalue weighted by molar-refractivity contribution is 0.327. The van der Waals surface area contributed by atoms with E-state index in [2.05, 4.69) is 23.8 Å². The van der Waals surface area contributed by atoms with Gasteiger partial charge in [0.15, 0.2) is 0 Å². The zero-order chi connectivity index (χ0) is 12.0. The molecule has 0 saturated carbocycles. The highest BCUT2D eigenvalue weighted by Gasteiger charge is 2.10. The van der Waals surface area contributed by atoms with Crippen LogP contribution in [0.3, 0.4) is 0 Å². The fraction of sp³-hybridized carbons (Fsp3) is 0.636. The van der Waals surface area contributed by atoms with Crippen LogP contribution in [0.25, 0.3) is 0 Å². The molecule has 1 atom stereocenters. The van der Waals surface area contributed by atoms with Crippen molar-refractivity contribution in [3.8, 4) is 5.88 Å². The molecule has 1 aromatic heterocycles. The maximum Gasteiger partial charge on any atom is 0.241 e. The molecule has 0 saturated heterocycles. The Morgan fingerprint density at radius 3 is 2.81 bits per heavy atom. The van der Waals surface area contributed by atoms with Crippen LogP contribution in [0, 0.1) is 5.92 Å². The smallest absolute Gasteiger partial charge is 0.241 e. The average molecular weight is 241 g/mol. The molecule has 1 unspecified atom stereocenters. The van der Waals surface area contributed by atoms with Crippen molar-refractivity contribution in [2.45, 2.75) is 32.2 Å². The maximum absolute atomic E-state index is 5.93. The monoisotopic (exact) mass is 241 g/mol. The highest BCUT2D eigenvalue weighted by molar-refractivity contribution is 7.99. The van der Waals surface area contributed by atoms with Gasteiger partial charge in [-0.1, -0.05) is 20.3 Å². The summed E-state index contributed by atoms with van der Waals surface area (Å²) in [6, 6.07) is 0. The molecule has 16 heavy (non-hydrogen) atoms. The Bertz CT molecular complexity index is 333. The summed E-state index contributed by atoms with van der Waals surface area (Å²) < 4.78 is 5.32. The minimum atomic E-state index is 0.490. The summed E-state index contributed by atoms with van der Waals surface area (Å²) >= 11 is 1.66. The number of aromatic nitrogens is 2. The van der Waals surface area contributed by atoms with Crippen LogP contribution in [0.5, 0.6) is 5.88 Å². The van der Waals surface area contributed by atoms with Gasteiger partial charge in [0.25, 0.3) is 0 Å². The van der Waals surface area contributed by atoms with E-state index in [0.29, 0.717) is 24.1 Å². The molecule has 0 spiro atoms. The van der Waals surface area contributed by atoms with Gasteiger partial charge in [0.1, 0.15) is 17.0 Å². The lowest BCUT2D eigenvalue weighted by Crippen LogP contribution is -2.03. The number of thioether (sulfide) groups is 1. The molecule has 0 aliphatic heterocycles. The minimum absolute atomic E-state index is 0.490. The second kappa shape index (κ2) is 6.58. The Kier molecular flexibility index (Phi) is 5.38. The highest BCUT2D eigenvalue weighted by Crippen LogP contribution is 2.30. The molecule has 1 aromatic rings. The molecule has 0 amide bonds. The molecule has 0 aromatic carbocycles. The fourth-order valence-corrected chi connectivity index (χ4v) is 2.11. The lowest BCUT2D eigenvalue weighted by atomic mass is 10.2. The SMILES string of the molecule is CCOc1ncnc(SCC(C)CC)c1N. The van der Waals surface area contributed by atoms with Crippen molar-refractivity contribution in [1.29, 1.82) is 0 Å². The van der Waals surface area contributed by atoms with Gasteiger partial charge in [0.05, 0.1) is 6.61 Å². The van der Waals surface area contributed by atoms with Crippen molar-refractivity contribution >= 4 is 17.4 Å². The van der Waals surface area contributed by atoms with Crippen molar-refractivity contribution in [2.24, 2.45) is 5.92 Å². The third-order valence-electron chi connectivity index (χ3n) is 2.29. The van der Waals surface area contributed by atoms with Crippen molar-refractivity contribution < 1.29 is 4.74 Å². The number of hydrogen-bond donors (Lipinski definition) is 1. The van der Waals surface area contributed by atoms with Crippen molar-refractivity contribution in [3.05, 3.63) is 6.33 Å². The van der Waals surface area contributed by atoms with Gasteiger partial charge in [-0.2, -0.15) is 4.98 Å². The second-order valence-corrected chi connectivity index (χ2v) is 4.66. The molecule has 90 valence electrons. The van der Waals surface area contributed by atoms with E-state index in [1.165, 1.54) is 6.33 Å². The number of nitrogens with zero attached hydrogens (tertiary/aromatic N) is 2. The minimum Gasteiger partial charge on any atom is -0.476 e. The Hall–Kier alpha value is -0.970. The van der Waals surface area contributed by atoms with E-state index in [0.717, 1.165) is 17.2 Å². The molecule has 5 heteroatoms. The van der Waals surface area contributed by atoms with E-state index < -0.39 is 0 Å². The van der Waals surface area contributed by atoms with Crippen molar-refractivity contribution in [1.82, 2.24) is 9.97 Å². The fourth-order valence-electron chi connectivity index (χ4n) is 1.07. The van der Waals surface area contributed by atoms with Crippen molar-refractivity contribution in [3.63, 3.8) is 0 Å². The summed E-state index contributed by atoms with van der Waals surface area (Å²) in [6.45, 7) is 6.87. The van der Waals surface area contributed by atoms with E-state index in [4.69, 9.17) is 10.5 Å². The van der Waals surface area contributed by atoms with Gasteiger partial charge >= 0.3 is 0 Å². The Morgan fingerprint density at radius 2 is 2.19 bits per heavy atom. The molecular weight excluding hydrogens is 222 g/mol. The quantitative estimate of drug-likeness (QED) is 0.612. The number of nitrogens with two attached hydrogens (primary N) is 1. The maximum atomic E-state index is 5.93. The molecule has 1 heterocycles. The van der Waals surface area contributed by atoms with Crippen LogP contribution < -0.4 is 10.5 Å². The summed E-state index contributed by atoms with van der Waals surface area (Å²) in [7, 11) is 0. The summed E-state index contributed by atoms with van der Waals surface area (Å²) in [5, 5.41) is 0.818. The molecule has 1 rings (SSSR count). The molecule has 0 aliphatic carbocycles. The third-order valence-corrected chi connectivity index (χ3v) is 3.63. The summed E-state index contributed by atoms with van der Waals surface area (Å²) in [5.41, 5.74) is 6.48. The van der Waals surface area contributed by atoms with Crippen LogP contribution in [0.15, 0.2) is 11.4 Å². The Balaban J connectivity index is 2.69. The third kappa shape index (κ3) is 3.56. The first-order valence-corrected chi connectivity index (χ1v) is 6.53. The average Bonchev–Trinajstić information content (AvgIpc) is 2.30. The van der Waals surface area contributed by atoms with E-state index in [9.17, 15) is 0 Å². The lowest BCUT2D eigenvalue weighted by Gasteiger charge is -2.10. The number of nitrogen functional groups attached to an aromatic ring is 1. The van der Waals surface area contributed by atoms with E-state index in [-0.39, 0.29) is 0 Å².